The average molecular weight is 376 g/mol. The number of rotatable bonds is 6. The fraction of sp³-hybridized carbons (Fsp3) is 0.368. The number of aryl methyl sites for hydroxylation is 1. The minimum absolute atomic E-state index is 0.593. The van der Waals surface area contributed by atoms with Crippen LogP contribution in [0.4, 0.5) is 0 Å². The molecular weight excluding hydrogens is 357 g/mol. The van der Waals surface area contributed by atoms with Crippen LogP contribution in [-0.2, 0) is 6.54 Å². The van der Waals surface area contributed by atoms with Gasteiger partial charge in [0, 0.05) is 33.9 Å². The van der Waals surface area contributed by atoms with Crippen LogP contribution >= 0.6 is 23.2 Å². The van der Waals surface area contributed by atoms with Crippen LogP contribution < -0.4 is 4.74 Å². The van der Waals surface area contributed by atoms with Gasteiger partial charge in [-0.05, 0) is 37.0 Å². The van der Waals surface area contributed by atoms with Gasteiger partial charge in [-0.25, -0.2) is 4.98 Å². The molecule has 0 unspecified atom stereocenters. The molecule has 25 heavy (non-hydrogen) atoms. The fourth-order valence-electron chi connectivity index (χ4n) is 3.22. The molecule has 0 aliphatic heterocycles. The van der Waals surface area contributed by atoms with Crippen molar-refractivity contribution in [2.24, 2.45) is 5.92 Å². The first-order valence-corrected chi connectivity index (χ1v) is 9.27. The molecule has 4 rings (SSSR count). The van der Waals surface area contributed by atoms with Crippen molar-refractivity contribution in [3.8, 4) is 17.1 Å². The second kappa shape index (κ2) is 6.85. The lowest BCUT2D eigenvalue weighted by Gasteiger charge is -2.08. The van der Waals surface area contributed by atoms with Crippen LogP contribution in [-0.4, -0.2) is 21.6 Å². The van der Waals surface area contributed by atoms with Crippen molar-refractivity contribution >= 4 is 34.4 Å². The topological polar surface area (TPSA) is 39.9 Å². The normalized spacial score (nSPS) is 14.2. The molecule has 1 aliphatic rings. The maximum Gasteiger partial charge on any atom is 0.298 e. The van der Waals surface area contributed by atoms with Gasteiger partial charge in [-0.2, -0.15) is 4.98 Å². The minimum atomic E-state index is 0.593. The lowest BCUT2D eigenvalue weighted by molar-refractivity contribution is 0.355. The Morgan fingerprint density at radius 3 is 2.76 bits per heavy atom. The number of imidazole rings is 1. The lowest BCUT2D eigenvalue weighted by Crippen LogP contribution is -2.02. The van der Waals surface area contributed by atoms with Gasteiger partial charge in [-0.1, -0.05) is 42.1 Å². The summed E-state index contributed by atoms with van der Waals surface area (Å²) >= 11 is 12.4. The Morgan fingerprint density at radius 2 is 2.04 bits per heavy atom. The fourth-order valence-corrected chi connectivity index (χ4v) is 3.73. The minimum Gasteiger partial charge on any atom is -0.468 e. The molecule has 1 aliphatic carbocycles. The van der Waals surface area contributed by atoms with Crippen molar-refractivity contribution in [2.45, 2.75) is 32.2 Å². The first-order chi connectivity index (χ1) is 12.2. The highest BCUT2D eigenvalue weighted by atomic mass is 35.5. The molecular formula is C19H19Cl2N3O. The summed E-state index contributed by atoms with van der Waals surface area (Å²) in [5.74, 6) is 0.914. The summed E-state index contributed by atoms with van der Waals surface area (Å²) in [6.45, 7) is 0.862. The SMILES string of the molecule is COc1nc2c(-c3ccc(Cl)cc3Cl)ccnc2n1CCCC1CC1. The van der Waals surface area contributed by atoms with Gasteiger partial charge < -0.3 is 4.74 Å². The summed E-state index contributed by atoms with van der Waals surface area (Å²) < 4.78 is 7.56. The predicted molar refractivity (Wildman–Crippen MR) is 101 cm³/mol. The zero-order valence-electron chi connectivity index (χ0n) is 14.0. The third kappa shape index (κ3) is 3.33. The van der Waals surface area contributed by atoms with E-state index in [1.807, 2.05) is 18.2 Å². The number of ether oxygens (including phenoxy) is 1. The summed E-state index contributed by atoms with van der Waals surface area (Å²) in [4.78, 5) is 9.22. The van der Waals surface area contributed by atoms with E-state index in [0.717, 1.165) is 41.2 Å². The number of hydrogen-bond donors (Lipinski definition) is 0. The van der Waals surface area contributed by atoms with E-state index >= 15 is 0 Å². The zero-order valence-corrected chi connectivity index (χ0v) is 15.5. The monoisotopic (exact) mass is 375 g/mol. The Kier molecular flexibility index (Phi) is 4.57. The van der Waals surface area contributed by atoms with Crippen LogP contribution in [0.25, 0.3) is 22.3 Å². The van der Waals surface area contributed by atoms with Gasteiger partial charge in [-0.15, -0.1) is 0 Å². The highest BCUT2D eigenvalue weighted by Gasteiger charge is 2.22. The summed E-state index contributed by atoms with van der Waals surface area (Å²) in [6.07, 6.45) is 6.91. The standard InChI is InChI=1S/C19H19Cl2N3O/c1-25-19-23-17-15(14-7-6-13(20)11-16(14)21)8-9-22-18(17)24(19)10-2-3-12-4-5-12/h6-9,11-12H,2-5,10H2,1H3. The number of hydrogen-bond acceptors (Lipinski definition) is 3. The van der Waals surface area contributed by atoms with E-state index in [0.29, 0.717) is 16.1 Å². The van der Waals surface area contributed by atoms with E-state index in [9.17, 15) is 0 Å². The molecule has 130 valence electrons. The Bertz CT molecular complexity index is 918. The Balaban J connectivity index is 1.76. The van der Waals surface area contributed by atoms with E-state index in [1.54, 1.807) is 19.4 Å². The number of halogens is 2. The van der Waals surface area contributed by atoms with Gasteiger partial charge in [0.15, 0.2) is 5.65 Å². The van der Waals surface area contributed by atoms with Gasteiger partial charge in [-0.3, -0.25) is 4.57 Å². The largest absolute Gasteiger partial charge is 0.468 e. The number of fused-ring (bicyclic) bond motifs is 1. The number of aromatic nitrogens is 3. The van der Waals surface area contributed by atoms with E-state index < -0.39 is 0 Å². The molecule has 2 heterocycles. The van der Waals surface area contributed by atoms with Crippen LogP contribution in [0, 0.1) is 5.92 Å². The van der Waals surface area contributed by atoms with Crippen molar-refractivity contribution in [3.05, 3.63) is 40.5 Å². The first kappa shape index (κ1) is 16.7. The van der Waals surface area contributed by atoms with Crippen molar-refractivity contribution in [1.82, 2.24) is 14.5 Å². The predicted octanol–water partition coefficient (Wildman–Crippen LogP) is 5.60. The smallest absolute Gasteiger partial charge is 0.298 e. The number of nitrogens with zero attached hydrogens (tertiary/aromatic N) is 3. The second-order valence-corrected chi connectivity index (χ2v) is 7.33. The third-order valence-corrected chi connectivity index (χ3v) is 5.24. The highest BCUT2D eigenvalue weighted by Crippen LogP contribution is 2.36. The first-order valence-electron chi connectivity index (χ1n) is 8.52. The zero-order chi connectivity index (χ0) is 17.4. The lowest BCUT2D eigenvalue weighted by atomic mass is 10.1. The number of benzene rings is 1. The Morgan fingerprint density at radius 1 is 1.20 bits per heavy atom. The van der Waals surface area contributed by atoms with Crippen LogP contribution in [0.15, 0.2) is 30.5 Å². The Hall–Kier alpha value is -1.78. The van der Waals surface area contributed by atoms with Gasteiger partial charge in [0.1, 0.15) is 5.52 Å². The van der Waals surface area contributed by atoms with Gasteiger partial charge in [0.25, 0.3) is 6.01 Å². The molecule has 4 nitrogen and oxygen atoms in total. The van der Waals surface area contributed by atoms with Crippen molar-refractivity contribution in [1.29, 1.82) is 0 Å². The molecule has 0 amide bonds. The van der Waals surface area contributed by atoms with Crippen molar-refractivity contribution in [2.75, 3.05) is 7.11 Å². The van der Waals surface area contributed by atoms with Crippen LogP contribution in [0.3, 0.4) is 0 Å². The van der Waals surface area contributed by atoms with E-state index in [-0.39, 0.29) is 0 Å². The molecule has 0 spiro atoms. The molecule has 0 atom stereocenters. The van der Waals surface area contributed by atoms with Gasteiger partial charge in [0.2, 0.25) is 0 Å². The van der Waals surface area contributed by atoms with Gasteiger partial charge in [0.05, 0.1) is 7.11 Å². The number of pyridine rings is 1. The molecule has 0 bridgehead atoms. The van der Waals surface area contributed by atoms with Crippen LogP contribution in [0.1, 0.15) is 25.7 Å². The Labute approximate surface area is 156 Å². The quantitative estimate of drug-likeness (QED) is 0.562. The van der Waals surface area contributed by atoms with E-state index in [2.05, 4.69) is 14.5 Å². The number of methoxy groups -OCH3 is 1. The van der Waals surface area contributed by atoms with E-state index in [4.69, 9.17) is 27.9 Å². The molecule has 1 aromatic carbocycles. The van der Waals surface area contributed by atoms with Crippen LogP contribution in [0.2, 0.25) is 10.0 Å². The van der Waals surface area contributed by atoms with Crippen molar-refractivity contribution in [3.63, 3.8) is 0 Å². The molecule has 1 saturated carbocycles. The third-order valence-electron chi connectivity index (χ3n) is 4.69. The summed E-state index contributed by atoms with van der Waals surface area (Å²) in [5.41, 5.74) is 3.46. The summed E-state index contributed by atoms with van der Waals surface area (Å²) in [6, 6.07) is 8.01. The summed E-state index contributed by atoms with van der Waals surface area (Å²) in [5, 5.41) is 1.21. The maximum atomic E-state index is 6.40. The van der Waals surface area contributed by atoms with Crippen molar-refractivity contribution < 1.29 is 4.74 Å². The maximum absolute atomic E-state index is 6.40. The van der Waals surface area contributed by atoms with E-state index in [1.165, 1.54) is 19.3 Å². The second-order valence-electron chi connectivity index (χ2n) is 6.49. The average Bonchev–Trinajstić information content (AvgIpc) is 3.35. The molecule has 0 saturated heterocycles. The molecule has 0 N–H and O–H groups in total. The van der Waals surface area contributed by atoms with Crippen LogP contribution in [0.5, 0.6) is 6.01 Å². The molecule has 0 radical (unpaired) electrons. The molecule has 6 heteroatoms. The highest BCUT2D eigenvalue weighted by molar-refractivity contribution is 6.36. The molecule has 1 fully saturated rings. The van der Waals surface area contributed by atoms with Gasteiger partial charge >= 0.3 is 0 Å². The molecule has 2 aromatic heterocycles. The summed E-state index contributed by atoms with van der Waals surface area (Å²) in [7, 11) is 1.65. The molecule has 3 aromatic rings.